The van der Waals surface area contributed by atoms with Crippen molar-refractivity contribution >= 4 is 15.9 Å². The number of methoxy groups -OCH3 is 3. The maximum Gasteiger partial charge on any atom is 0.287 e. The number of anilines is 1. The van der Waals surface area contributed by atoms with Crippen LogP contribution in [0.2, 0.25) is 0 Å². The molecule has 0 fully saturated rings. The Kier molecular flexibility index (Phi) is 7.13. The van der Waals surface area contributed by atoms with E-state index in [9.17, 15) is 0 Å². The van der Waals surface area contributed by atoms with Crippen LogP contribution >= 0.6 is 0 Å². The molecule has 0 aliphatic carbocycles. The number of hydrogen-bond donors (Lipinski definition) is 0. The molecule has 0 amide bonds. The van der Waals surface area contributed by atoms with Gasteiger partial charge in [0.15, 0.2) is 12.4 Å². The molecule has 20 heavy (non-hydrogen) atoms. The van der Waals surface area contributed by atoms with Gasteiger partial charge in [-0.2, -0.15) is 4.57 Å². The predicted octanol–water partition coefficient (Wildman–Crippen LogP) is -3.32. The molecule has 7 heteroatoms. The van der Waals surface area contributed by atoms with E-state index in [0.29, 0.717) is 10.2 Å². The summed E-state index contributed by atoms with van der Waals surface area (Å²) in [5.41, 5.74) is 1.13. The van der Waals surface area contributed by atoms with Gasteiger partial charge in [0.05, 0.1) is 0 Å². The summed E-state index contributed by atoms with van der Waals surface area (Å²) in [4.78, 5) is 2.05. The second-order valence-corrected chi connectivity index (χ2v) is 6.25. The summed E-state index contributed by atoms with van der Waals surface area (Å²) in [6.45, 7) is 1.89. The van der Waals surface area contributed by atoms with Crippen molar-refractivity contribution in [3.8, 4) is 0 Å². The van der Waals surface area contributed by atoms with Crippen molar-refractivity contribution in [2.75, 3.05) is 40.3 Å². The third kappa shape index (κ3) is 3.32. The summed E-state index contributed by atoms with van der Waals surface area (Å²) in [5.74, 6) is -0.835. The largest absolute Gasteiger partial charge is 1.00 e. The highest BCUT2D eigenvalue weighted by atomic mass is 35.5. The van der Waals surface area contributed by atoms with Gasteiger partial charge in [0.1, 0.15) is 10.2 Å². The molecular formula is C13H25ClN2O3Si. The van der Waals surface area contributed by atoms with Crippen LogP contribution in [0.4, 0.5) is 5.69 Å². The lowest BCUT2D eigenvalue weighted by Crippen LogP contribution is -3.00. The van der Waals surface area contributed by atoms with Gasteiger partial charge in [-0.3, -0.25) is 0 Å². The second kappa shape index (κ2) is 7.38. The Bertz CT molecular complexity index is 413. The molecule has 1 aromatic rings. The highest BCUT2D eigenvalue weighted by Gasteiger charge is 2.54. The van der Waals surface area contributed by atoms with Crippen molar-refractivity contribution in [3.63, 3.8) is 0 Å². The Hall–Kier alpha value is -0.663. The van der Waals surface area contributed by atoms with E-state index in [1.54, 1.807) is 21.3 Å². The molecule has 5 nitrogen and oxygen atoms in total. The smallest absolute Gasteiger partial charge is 0.287 e. The summed E-state index contributed by atoms with van der Waals surface area (Å²) >= 11 is 0. The normalized spacial score (nSPS) is 14.5. The highest BCUT2D eigenvalue weighted by molar-refractivity contribution is 6.12. The van der Waals surface area contributed by atoms with Crippen LogP contribution in [0.15, 0.2) is 24.5 Å². The summed E-state index contributed by atoms with van der Waals surface area (Å²) in [5, 5.41) is -0.638. The molecule has 0 aromatic carbocycles. The molecule has 0 aliphatic rings. The molecule has 116 valence electrons. The van der Waals surface area contributed by atoms with Crippen molar-refractivity contribution in [2.24, 2.45) is 0 Å². The van der Waals surface area contributed by atoms with E-state index in [1.165, 1.54) is 0 Å². The van der Waals surface area contributed by atoms with E-state index in [-0.39, 0.29) is 12.4 Å². The lowest BCUT2D eigenvalue weighted by atomic mass is 10.2. The molecule has 1 rings (SSSR count). The minimum Gasteiger partial charge on any atom is -1.00 e. The Balaban J connectivity index is 0.00000361. The predicted molar refractivity (Wildman–Crippen MR) is 78.3 cm³/mol. The Labute approximate surface area is 130 Å². The third-order valence-corrected chi connectivity index (χ3v) is 5.67. The average Bonchev–Trinajstić information content (AvgIpc) is 2.45. The number of nitrogens with zero attached hydrogens (tertiary/aromatic N) is 2. The van der Waals surface area contributed by atoms with Gasteiger partial charge >= 0.3 is 0 Å². The molecule has 0 spiro atoms. The molecule has 0 radical (unpaired) electrons. The number of ether oxygens (including phenoxy) is 3. The summed E-state index contributed by atoms with van der Waals surface area (Å²) in [6.07, 6.45) is 3.98. The van der Waals surface area contributed by atoms with E-state index in [4.69, 9.17) is 14.2 Å². The van der Waals surface area contributed by atoms with Crippen molar-refractivity contribution in [1.29, 1.82) is 0 Å². The molecule has 0 bridgehead atoms. The van der Waals surface area contributed by atoms with Crippen LogP contribution in [0.3, 0.4) is 0 Å². The van der Waals surface area contributed by atoms with Gasteiger partial charge in [0.2, 0.25) is 0 Å². The van der Waals surface area contributed by atoms with Crippen LogP contribution in [0.25, 0.3) is 0 Å². The maximum atomic E-state index is 5.73. The molecule has 0 N–H and O–H groups in total. The van der Waals surface area contributed by atoms with E-state index in [2.05, 4.69) is 4.90 Å². The first kappa shape index (κ1) is 19.3. The number of pyridine rings is 1. The van der Waals surface area contributed by atoms with Gasteiger partial charge in [-0.15, -0.1) is 0 Å². The van der Waals surface area contributed by atoms with Gasteiger partial charge < -0.3 is 31.5 Å². The number of rotatable bonds is 6. The van der Waals surface area contributed by atoms with Crippen LogP contribution in [-0.4, -0.2) is 51.5 Å². The third-order valence-electron chi connectivity index (χ3n) is 3.84. The molecule has 0 aliphatic heterocycles. The van der Waals surface area contributed by atoms with Crippen LogP contribution in [0.5, 0.6) is 0 Å². The molecule has 0 saturated carbocycles. The molecule has 1 unspecified atom stereocenters. The number of halogens is 1. The molecule has 1 heterocycles. The lowest BCUT2D eigenvalue weighted by Gasteiger charge is -2.38. The van der Waals surface area contributed by atoms with Crippen molar-refractivity contribution < 1.29 is 31.2 Å². The summed E-state index contributed by atoms with van der Waals surface area (Å²) < 4.78 is 18.8. The Morgan fingerprint density at radius 3 is 1.80 bits per heavy atom. The zero-order valence-electron chi connectivity index (χ0n) is 13.3. The van der Waals surface area contributed by atoms with E-state index < -0.39 is 11.1 Å². The van der Waals surface area contributed by atoms with Crippen molar-refractivity contribution in [1.82, 2.24) is 0 Å². The van der Waals surface area contributed by atoms with E-state index >= 15 is 0 Å². The van der Waals surface area contributed by atoms with E-state index in [0.717, 1.165) is 5.69 Å². The van der Waals surface area contributed by atoms with Crippen LogP contribution < -0.4 is 21.9 Å². The summed E-state index contributed by atoms with van der Waals surface area (Å²) in [7, 11) is 9.66. The first-order valence-corrected chi connectivity index (χ1v) is 7.19. The number of aromatic nitrogens is 1. The van der Waals surface area contributed by atoms with Crippen LogP contribution in [-0.2, 0) is 19.6 Å². The van der Waals surface area contributed by atoms with Gasteiger partial charge in [0, 0.05) is 53.2 Å². The maximum absolute atomic E-state index is 5.73. The Morgan fingerprint density at radius 1 is 1.05 bits per heavy atom. The zero-order valence-corrected chi connectivity index (χ0v) is 16.1. The average molecular weight is 321 g/mol. The Morgan fingerprint density at radius 2 is 1.50 bits per heavy atom. The first-order chi connectivity index (χ1) is 8.84. The SMILES string of the molecule is COC(C)(OC)C([SiH3])(OC)[n+]1ccc(N(C)C)cc1.[Cl-]. The van der Waals surface area contributed by atoms with Gasteiger partial charge in [-0.25, -0.2) is 0 Å². The topological polar surface area (TPSA) is 34.8 Å². The minimum atomic E-state index is -0.835. The zero-order chi connectivity index (χ0) is 14.7. The molecule has 0 saturated heterocycles. The van der Waals surface area contributed by atoms with Crippen LogP contribution in [0, 0.1) is 0 Å². The van der Waals surface area contributed by atoms with Crippen molar-refractivity contribution in [3.05, 3.63) is 24.5 Å². The lowest BCUT2D eigenvalue weighted by molar-refractivity contribution is -0.807. The standard InChI is InChI=1S/C13H25N2O3Si.ClH/c1-12(16-4,17-5)13(19,18-6)15-9-7-11(8-10-15)14(2)3;/h7-10H,1-6,19H3;1H/q+1;/p-1. The summed E-state index contributed by atoms with van der Waals surface area (Å²) in [6, 6.07) is 4.08. The van der Waals surface area contributed by atoms with Gasteiger partial charge in [-0.1, -0.05) is 0 Å². The highest BCUT2D eigenvalue weighted by Crippen LogP contribution is 2.27. The monoisotopic (exact) mass is 320 g/mol. The quantitative estimate of drug-likeness (QED) is 0.312. The van der Waals surface area contributed by atoms with E-state index in [1.807, 2.05) is 50.1 Å². The molecular weight excluding hydrogens is 296 g/mol. The number of hydrogen-bond acceptors (Lipinski definition) is 4. The minimum absolute atomic E-state index is 0. The van der Waals surface area contributed by atoms with Crippen molar-refractivity contribution in [2.45, 2.75) is 18.1 Å². The second-order valence-electron chi connectivity index (χ2n) is 4.90. The molecule has 1 atom stereocenters. The van der Waals surface area contributed by atoms with Gasteiger partial charge in [-0.05, 0) is 6.92 Å². The van der Waals surface area contributed by atoms with Gasteiger partial charge in [0.25, 0.3) is 11.1 Å². The molecule has 1 aromatic heterocycles. The fraction of sp³-hybridized carbons (Fsp3) is 0.615. The fourth-order valence-electron chi connectivity index (χ4n) is 1.99. The fourth-order valence-corrected chi connectivity index (χ4v) is 2.69. The van der Waals surface area contributed by atoms with Crippen LogP contribution in [0.1, 0.15) is 6.92 Å². The first-order valence-electron chi connectivity index (χ1n) is 6.19.